The lowest BCUT2D eigenvalue weighted by Crippen LogP contribution is -2.15. The molecule has 27 heavy (non-hydrogen) atoms. The number of anilines is 1. The van der Waals surface area contributed by atoms with Crippen LogP contribution in [0.1, 0.15) is 31.0 Å². The molecule has 0 fully saturated rings. The highest BCUT2D eigenvalue weighted by atomic mass is 32.2. The highest BCUT2D eigenvalue weighted by Crippen LogP contribution is 2.36. The highest BCUT2D eigenvalue weighted by molar-refractivity contribution is 7.98. The van der Waals surface area contributed by atoms with Gasteiger partial charge in [0.1, 0.15) is 17.3 Å². The highest BCUT2D eigenvalue weighted by Gasteiger charge is 2.24. The molecule has 1 N–H and O–H groups in total. The van der Waals surface area contributed by atoms with Crippen LogP contribution >= 0.6 is 11.8 Å². The fourth-order valence-corrected chi connectivity index (χ4v) is 4.06. The number of hydrogen-bond acceptors (Lipinski definition) is 4. The molecule has 1 aliphatic heterocycles. The number of para-hydroxylation sites is 1. The molecule has 3 aromatic rings. The number of fused-ring (bicyclic) bond motifs is 1. The molecule has 0 atom stereocenters. The summed E-state index contributed by atoms with van der Waals surface area (Å²) < 4.78 is 7.69. The molecule has 2 heterocycles. The predicted molar refractivity (Wildman–Crippen MR) is 109 cm³/mol. The minimum Gasteiger partial charge on any atom is -0.457 e. The first-order valence-corrected chi connectivity index (χ1v) is 10.2. The molecule has 0 unspecified atom stereocenters. The molecular formula is C21H21N3O2S. The predicted octanol–water partition coefficient (Wildman–Crippen LogP) is 5.15. The molecule has 0 saturated heterocycles. The van der Waals surface area contributed by atoms with Gasteiger partial charge in [0.25, 0.3) is 0 Å². The Hall–Kier alpha value is -2.73. The van der Waals surface area contributed by atoms with Crippen molar-refractivity contribution < 1.29 is 9.53 Å². The lowest BCUT2D eigenvalue weighted by Gasteiger charge is -2.12. The number of hydrogen-bond donors (Lipinski definition) is 1. The summed E-state index contributed by atoms with van der Waals surface area (Å²) in [5.41, 5.74) is 3.09. The van der Waals surface area contributed by atoms with Gasteiger partial charge in [-0.25, -0.2) is 4.68 Å². The molecule has 2 aromatic carbocycles. The van der Waals surface area contributed by atoms with Crippen molar-refractivity contribution in [3.63, 3.8) is 0 Å². The van der Waals surface area contributed by atoms with Crippen LogP contribution in [0.4, 0.5) is 5.82 Å². The molecule has 6 heteroatoms. The lowest BCUT2D eigenvalue weighted by atomic mass is 10.2. The number of nitrogens with zero attached hydrogens (tertiary/aromatic N) is 2. The Morgan fingerprint density at radius 2 is 1.85 bits per heavy atom. The zero-order valence-corrected chi connectivity index (χ0v) is 16.0. The number of nitrogens with one attached hydrogen (secondary N) is 1. The standard InChI is InChI=1S/C21H21N3O2S/c1-2-6-20(25)22-21-18-13-27-14-19(18)23-24(21)15-9-11-17(12-10-15)26-16-7-4-3-5-8-16/h3-5,7-12H,2,6,13-14H2,1H3,(H,22,25). The largest absolute Gasteiger partial charge is 0.457 e. The summed E-state index contributed by atoms with van der Waals surface area (Å²) in [5.74, 6) is 4.15. The third kappa shape index (κ3) is 3.85. The Labute approximate surface area is 162 Å². The first-order chi connectivity index (χ1) is 13.2. The first kappa shape index (κ1) is 17.7. The Kier molecular flexibility index (Phi) is 5.16. The van der Waals surface area contributed by atoms with Crippen molar-refractivity contribution in [1.82, 2.24) is 9.78 Å². The summed E-state index contributed by atoms with van der Waals surface area (Å²) in [6.07, 6.45) is 1.33. The molecule has 0 bridgehead atoms. The maximum absolute atomic E-state index is 12.2. The van der Waals surface area contributed by atoms with Gasteiger partial charge in [-0.3, -0.25) is 4.79 Å². The Morgan fingerprint density at radius 3 is 2.59 bits per heavy atom. The van der Waals surface area contributed by atoms with Gasteiger partial charge in [0.05, 0.1) is 11.4 Å². The van der Waals surface area contributed by atoms with Crippen molar-refractivity contribution in [2.24, 2.45) is 0 Å². The molecule has 4 rings (SSSR count). The van der Waals surface area contributed by atoms with Gasteiger partial charge in [0.15, 0.2) is 0 Å². The molecule has 1 aliphatic rings. The summed E-state index contributed by atoms with van der Waals surface area (Å²) in [5, 5.41) is 7.79. The van der Waals surface area contributed by atoms with Crippen molar-refractivity contribution >= 4 is 23.5 Å². The van der Waals surface area contributed by atoms with E-state index < -0.39 is 0 Å². The fourth-order valence-electron chi connectivity index (χ4n) is 3.03. The summed E-state index contributed by atoms with van der Waals surface area (Å²) >= 11 is 1.82. The second-order valence-corrected chi connectivity index (χ2v) is 7.37. The van der Waals surface area contributed by atoms with Gasteiger partial charge in [-0.05, 0) is 42.8 Å². The topological polar surface area (TPSA) is 56.2 Å². The van der Waals surface area contributed by atoms with Gasteiger partial charge in [-0.1, -0.05) is 25.1 Å². The van der Waals surface area contributed by atoms with E-state index in [1.54, 1.807) is 0 Å². The van der Waals surface area contributed by atoms with Gasteiger partial charge in [0.2, 0.25) is 5.91 Å². The third-order valence-electron chi connectivity index (χ3n) is 4.35. The molecule has 0 spiro atoms. The van der Waals surface area contributed by atoms with E-state index in [1.165, 1.54) is 0 Å². The molecule has 5 nitrogen and oxygen atoms in total. The SMILES string of the molecule is CCCC(=O)Nc1c2c(nn1-c1ccc(Oc3ccccc3)cc1)CSC2. The van der Waals surface area contributed by atoms with E-state index in [-0.39, 0.29) is 5.91 Å². The average molecular weight is 379 g/mol. The zero-order valence-electron chi connectivity index (χ0n) is 15.1. The number of benzene rings is 2. The van der Waals surface area contributed by atoms with Gasteiger partial charge in [-0.15, -0.1) is 0 Å². The number of carbonyl (C=O) groups excluding carboxylic acids is 1. The minimum atomic E-state index is 0.0300. The van der Waals surface area contributed by atoms with Crippen LogP contribution in [0.2, 0.25) is 0 Å². The van der Waals surface area contributed by atoms with Crippen LogP contribution in [0.5, 0.6) is 11.5 Å². The maximum atomic E-state index is 12.2. The summed E-state index contributed by atoms with van der Waals surface area (Å²) in [7, 11) is 0. The Bertz CT molecular complexity index is 936. The van der Waals surface area contributed by atoms with Crippen LogP contribution in [-0.4, -0.2) is 15.7 Å². The van der Waals surface area contributed by atoms with Gasteiger partial charge in [0, 0.05) is 23.5 Å². The van der Waals surface area contributed by atoms with Crippen LogP contribution in [0.25, 0.3) is 5.69 Å². The number of rotatable bonds is 6. The molecule has 0 saturated carbocycles. The number of carbonyl (C=O) groups is 1. The number of amides is 1. The summed E-state index contributed by atoms with van der Waals surface area (Å²) in [6, 6.07) is 17.4. The zero-order chi connectivity index (χ0) is 18.6. The first-order valence-electron chi connectivity index (χ1n) is 9.06. The molecule has 0 radical (unpaired) electrons. The Morgan fingerprint density at radius 1 is 1.11 bits per heavy atom. The quantitative estimate of drug-likeness (QED) is 0.643. The van der Waals surface area contributed by atoms with Crippen molar-refractivity contribution in [2.75, 3.05) is 5.32 Å². The lowest BCUT2D eigenvalue weighted by molar-refractivity contribution is -0.116. The van der Waals surface area contributed by atoms with Crippen molar-refractivity contribution in [3.8, 4) is 17.2 Å². The van der Waals surface area contributed by atoms with Crippen LogP contribution in [0.3, 0.4) is 0 Å². The van der Waals surface area contributed by atoms with E-state index in [0.717, 1.165) is 52.2 Å². The second kappa shape index (κ2) is 7.88. The van der Waals surface area contributed by atoms with E-state index in [2.05, 4.69) is 5.32 Å². The molecule has 138 valence electrons. The average Bonchev–Trinajstić information content (AvgIpc) is 3.26. The number of aromatic nitrogens is 2. The monoisotopic (exact) mass is 379 g/mol. The third-order valence-corrected chi connectivity index (χ3v) is 5.32. The molecule has 1 amide bonds. The van der Waals surface area contributed by atoms with Crippen LogP contribution < -0.4 is 10.1 Å². The summed E-state index contributed by atoms with van der Waals surface area (Å²) in [6.45, 7) is 2.00. The van der Waals surface area contributed by atoms with E-state index >= 15 is 0 Å². The van der Waals surface area contributed by atoms with Gasteiger partial charge < -0.3 is 10.1 Å². The molecular weight excluding hydrogens is 358 g/mol. The van der Waals surface area contributed by atoms with Crippen LogP contribution in [0, 0.1) is 0 Å². The van der Waals surface area contributed by atoms with E-state index in [1.807, 2.05) is 78.0 Å². The van der Waals surface area contributed by atoms with E-state index in [9.17, 15) is 4.79 Å². The van der Waals surface area contributed by atoms with Crippen LogP contribution in [-0.2, 0) is 16.3 Å². The van der Waals surface area contributed by atoms with Crippen molar-refractivity contribution in [2.45, 2.75) is 31.3 Å². The van der Waals surface area contributed by atoms with Gasteiger partial charge >= 0.3 is 0 Å². The van der Waals surface area contributed by atoms with Gasteiger partial charge in [-0.2, -0.15) is 16.9 Å². The molecule has 0 aliphatic carbocycles. The number of ether oxygens (including phenoxy) is 1. The molecule has 1 aromatic heterocycles. The van der Waals surface area contributed by atoms with E-state index in [0.29, 0.717) is 6.42 Å². The smallest absolute Gasteiger partial charge is 0.225 e. The van der Waals surface area contributed by atoms with Crippen molar-refractivity contribution in [1.29, 1.82) is 0 Å². The van der Waals surface area contributed by atoms with Crippen LogP contribution in [0.15, 0.2) is 54.6 Å². The summed E-state index contributed by atoms with van der Waals surface area (Å²) in [4.78, 5) is 12.2. The maximum Gasteiger partial charge on any atom is 0.225 e. The normalized spacial score (nSPS) is 12.6. The minimum absolute atomic E-state index is 0.0300. The Balaban J connectivity index is 1.60. The van der Waals surface area contributed by atoms with E-state index in [4.69, 9.17) is 9.84 Å². The van der Waals surface area contributed by atoms with Crippen molar-refractivity contribution in [3.05, 3.63) is 65.9 Å². The fraction of sp³-hybridized carbons (Fsp3) is 0.238. The second-order valence-electron chi connectivity index (χ2n) is 6.39. The number of thioether (sulfide) groups is 1.